The zero-order valence-corrected chi connectivity index (χ0v) is 11.8. The fourth-order valence-electron chi connectivity index (χ4n) is 2.44. The largest absolute Gasteiger partial charge is 0.345 e. The Hall–Kier alpha value is -0.870. The van der Waals surface area contributed by atoms with Gasteiger partial charge in [0.25, 0.3) is 0 Å². The smallest absolute Gasteiger partial charge is 0.222 e. The molecule has 100 valence electrons. The molecule has 0 unspecified atom stereocenters. The number of carbonyl (C=O) groups excluding carboxylic acids is 1. The number of likely N-dealkylation sites (N-methyl/N-ethyl adjacent to an activating group) is 1. The molecule has 2 N–H and O–H groups in total. The van der Waals surface area contributed by atoms with Crippen LogP contribution in [0.4, 0.5) is 0 Å². The lowest BCUT2D eigenvalue weighted by molar-refractivity contribution is -0.133. The lowest BCUT2D eigenvalue weighted by Gasteiger charge is -2.41. The Morgan fingerprint density at radius 1 is 1.56 bits per heavy atom. The SMILES string of the molecule is CN(CCc1cccs1)C(=O)CC1(CN)CCC1. The van der Waals surface area contributed by atoms with Crippen molar-refractivity contribution in [1.82, 2.24) is 4.90 Å². The van der Waals surface area contributed by atoms with Gasteiger partial charge in [-0.25, -0.2) is 0 Å². The summed E-state index contributed by atoms with van der Waals surface area (Å²) in [5.74, 6) is 0.247. The van der Waals surface area contributed by atoms with Crippen molar-refractivity contribution < 1.29 is 4.79 Å². The second-order valence-corrected chi connectivity index (χ2v) is 6.41. The fraction of sp³-hybridized carbons (Fsp3) is 0.643. The first-order valence-corrected chi connectivity index (χ1v) is 7.50. The van der Waals surface area contributed by atoms with Crippen molar-refractivity contribution in [1.29, 1.82) is 0 Å². The highest BCUT2D eigenvalue weighted by Crippen LogP contribution is 2.43. The van der Waals surface area contributed by atoms with E-state index in [2.05, 4.69) is 17.5 Å². The molecule has 0 bridgehead atoms. The Balaban J connectivity index is 1.78. The maximum atomic E-state index is 12.1. The molecule has 1 aliphatic carbocycles. The van der Waals surface area contributed by atoms with Crippen LogP contribution in [0.1, 0.15) is 30.6 Å². The van der Waals surface area contributed by atoms with Crippen molar-refractivity contribution in [2.45, 2.75) is 32.1 Å². The molecule has 1 heterocycles. The molecule has 0 radical (unpaired) electrons. The van der Waals surface area contributed by atoms with Crippen molar-refractivity contribution in [3.63, 3.8) is 0 Å². The van der Waals surface area contributed by atoms with E-state index >= 15 is 0 Å². The fourth-order valence-corrected chi connectivity index (χ4v) is 3.14. The zero-order chi connectivity index (χ0) is 13.0. The molecule has 0 atom stereocenters. The number of rotatable bonds is 6. The van der Waals surface area contributed by atoms with E-state index in [9.17, 15) is 4.79 Å². The van der Waals surface area contributed by atoms with E-state index in [0.29, 0.717) is 13.0 Å². The Bertz CT molecular complexity index is 379. The van der Waals surface area contributed by atoms with E-state index in [0.717, 1.165) is 25.8 Å². The molecule has 2 rings (SSSR count). The molecule has 18 heavy (non-hydrogen) atoms. The molecule has 1 aromatic heterocycles. The molecule has 3 nitrogen and oxygen atoms in total. The monoisotopic (exact) mass is 266 g/mol. The second kappa shape index (κ2) is 5.85. The Labute approximate surface area is 113 Å². The van der Waals surface area contributed by atoms with Gasteiger partial charge < -0.3 is 10.6 Å². The Morgan fingerprint density at radius 3 is 2.83 bits per heavy atom. The molecule has 1 saturated carbocycles. The van der Waals surface area contributed by atoms with Crippen LogP contribution < -0.4 is 5.73 Å². The molecule has 0 aromatic carbocycles. The summed E-state index contributed by atoms with van der Waals surface area (Å²) in [6.45, 7) is 1.46. The summed E-state index contributed by atoms with van der Waals surface area (Å²) < 4.78 is 0. The van der Waals surface area contributed by atoms with E-state index in [1.807, 2.05) is 11.9 Å². The van der Waals surface area contributed by atoms with Crippen LogP contribution in [0, 0.1) is 5.41 Å². The number of amides is 1. The summed E-state index contributed by atoms with van der Waals surface area (Å²) in [5, 5.41) is 2.08. The van der Waals surface area contributed by atoms with Crippen molar-refractivity contribution in [2.75, 3.05) is 20.1 Å². The van der Waals surface area contributed by atoms with Crippen molar-refractivity contribution in [2.24, 2.45) is 11.1 Å². The topological polar surface area (TPSA) is 46.3 Å². The van der Waals surface area contributed by atoms with Gasteiger partial charge in [-0.05, 0) is 42.7 Å². The van der Waals surface area contributed by atoms with E-state index < -0.39 is 0 Å². The highest BCUT2D eigenvalue weighted by molar-refractivity contribution is 7.09. The molecule has 0 aliphatic heterocycles. The van der Waals surface area contributed by atoms with Crippen LogP contribution in [-0.4, -0.2) is 30.9 Å². The van der Waals surface area contributed by atoms with Gasteiger partial charge >= 0.3 is 0 Å². The first-order chi connectivity index (χ1) is 8.65. The maximum Gasteiger partial charge on any atom is 0.222 e. The van der Waals surface area contributed by atoms with Gasteiger partial charge in [-0.2, -0.15) is 0 Å². The number of carbonyl (C=O) groups is 1. The summed E-state index contributed by atoms with van der Waals surface area (Å²) in [6, 6.07) is 4.18. The molecule has 1 aromatic rings. The maximum absolute atomic E-state index is 12.1. The molecule has 4 heteroatoms. The van der Waals surface area contributed by atoms with Gasteiger partial charge in [0.2, 0.25) is 5.91 Å². The van der Waals surface area contributed by atoms with Crippen LogP contribution in [0.5, 0.6) is 0 Å². The van der Waals surface area contributed by atoms with E-state index in [4.69, 9.17) is 5.73 Å². The standard InChI is InChI=1S/C14H22N2OS/c1-16(8-5-12-4-2-9-18-12)13(17)10-14(11-15)6-3-7-14/h2,4,9H,3,5-8,10-11,15H2,1H3. The zero-order valence-electron chi connectivity index (χ0n) is 11.0. The molecule has 0 spiro atoms. The first-order valence-electron chi connectivity index (χ1n) is 6.62. The summed E-state index contributed by atoms with van der Waals surface area (Å²) >= 11 is 1.75. The predicted molar refractivity (Wildman–Crippen MR) is 75.6 cm³/mol. The number of thiophene rings is 1. The third-order valence-electron chi connectivity index (χ3n) is 4.07. The summed E-state index contributed by atoms with van der Waals surface area (Å²) in [7, 11) is 1.90. The molecule has 0 saturated heterocycles. The molecule has 1 fully saturated rings. The van der Waals surface area contributed by atoms with Crippen molar-refractivity contribution in [3.05, 3.63) is 22.4 Å². The summed E-state index contributed by atoms with van der Waals surface area (Å²) in [5.41, 5.74) is 5.92. The van der Waals surface area contributed by atoms with Gasteiger partial charge in [0, 0.05) is 24.9 Å². The van der Waals surface area contributed by atoms with Crippen molar-refractivity contribution in [3.8, 4) is 0 Å². The van der Waals surface area contributed by atoms with Crippen molar-refractivity contribution >= 4 is 17.2 Å². The van der Waals surface area contributed by atoms with Crippen LogP contribution in [0.15, 0.2) is 17.5 Å². The molecular weight excluding hydrogens is 244 g/mol. The van der Waals surface area contributed by atoms with E-state index in [1.54, 1.807) is 11.3 Å². The van der Waals surface area contributed by atoms with Gasteiger partial charge in [-0.3, -0.25) is 4.79 Å². The quantitative estimate of drug-likeness (QED) is 0.858. The number of hydrogen-bond donors (Lipinski definition) is 1. The minimum atomic E-state index is 0.119. The van der Waals surface area contributed by atoms with Gasteiger partial charge in [0.15, 0.2) is 0 Å². The second-order valence-electron chi connectivity index (χ2n) is 5.38. The summed E-state index contributed by atoms with van der Waals surface area (Å²) in [4.78, 5) is 15.3. The van der Waals surface area contributed by atoms with Crippen LogP contribution in [0.3, 0.4) is 0 Å². The van der Waals surface area contributed by atoms with Gasteiger partial charge in [0.1, 0.15) is 0 Å². The third-order valence-corrected chi connectivity index (χ3v) is 5.01. The Morgan fingerprint density at radius 2 is 2.33 bits per heavy atom. The number of hydrogen-bond acceptors (Lipinski definition) is 3. The highest BCUT2D eigenvalue weighted by Gasteiger charge is 2.38. The highest BCUT2D eigenvalue weighted by atomic mass is 32.1. The average Bonchev–Trinajstić information content (AvgIpc) is 2.83. The number of nitrogens with two attached hydrogens (primary N) is 1. The van der Waals surface area contributed by atoms with Gasteiger partial charge in [-0.15, -0.1) is 11.3 Å². The third kappa shape index (κ3) is 3.12. The van der Waals surface area contributed by atoms with E-state index in [-0.39, 0.29) is 11.3 Å². The van der Waals surface area contributed by atoms with Crippen LogP contribution in [0.2, 0.25) is 0 Å². The lowest BCUT2D eigenvalue weighted by atomic mass is 9.66. The van der Waals surface area contributed by atoms with E-state index in [1.165, 1.54) is 11.3 Å². The normalized spacial score (nSPS) is 17.2. The number of nitrogens with zero attached hydrogens (tertiary/aromatic N) is 1. The van der Waals surface area contributed by atoms with Gasteiger partial charge in [0.05, 0.1) is 0 Å². The Kier molecular flexibility index (Phi) is 4.40. The average molecular weight is 266 g/mol. The molecule has 1 amide bonds. The summed E-state index contributed by atoms with van der Waals surface area (Å²) in [6.07, 6.45) is 5.05. The van der Waals surface area contributed by atoms with Crippen LogP contribution in [-0.2, 0) is 11.2 Å². The predicted octanol–water partition coefficient (Wildman–Crippen LogP) is 2.27. The molecule has 1 aliphatic rings. The first kappa shape index (κ1) is 13.6. The van der Waals surface area contributed by atoms with Crippen LogP contribution in [0.25, 0.3) is 0 Å². The molecular formula is C14H22N2OS. The van der Waals surface area contributed by atoms with Gasteiger partial charge in [-0.1, -0.05) is 12.5 Å². The minimum Gasteiger partial charge on any atom is -0.345 e. The lowest BCUT2D eigenvalue weighted by Crippen LogP contribution is -2.42. The minimum absolute atomic E-state index is 0.119. The van der Waals surface area contributed by atoms with Crippen LogP contribution >= 0.6 is 11.3 Å².